The lowest BCUT2D eigenvalue weighted by molar-refractivity contribution is -0.115. The van der Waals surface area contributed by atoms with Crippen molar-refractivity contribution in [1.29, 1.82) is 0 Å². The van der Waals surface area contributed by atoms with Crippen molar-refractivity contribution < 1.29 is 9.32 Å². The van der Waals surface area contributed by atoms with Crippen LogP contribution >= 0.6 is 11.8 Å². The number of thioether (sulfide) groups is 1. The highest BCUT2D eigenvalue weighted by atomic mass is 32.2. The molecule has 1 aliphatic rings. The second kappa shape index (κ2) is 8.54. The lowest BCUT2D eigenvalue weighted by atomic mass is 10.1. The van der Waals surface area contributed by atoms with Gasteiger partial charge in [0, 0.05) is 42.4 Å². The van der Waals surface area contributed by atoms with E-state index in [1.165, 1.54) is 30.2 Å². The Bertz CT molecular complexity index is 686. The fourth-order valence-corrected chi connectivity index (χ4v) is 3.97. The number of aryl methyl sites for hydroxylation is 2. The van der Waals surface area contributed by atoms with Gasteiger partial charge in [-0.25, -0.2) is 0 Å². The van der Waals surface area contributed by atoms with Gasteiger partial charge in [0.25, 0.3) is 0 Å². The third kappa shape index (κ3) is 5.09. The SMILES string of the molecule is Cc1noc(C)c1CC(=O)Nc1ccc(CCN2CCSCC2)cc1. The van der Waals surface area contributed by atoms with Crippen molar-refractivity contribution in [2.75, 3.05) is 36.5 Å². The molecule has 0 saturated carbocycles. The van der Waals surface area contributed by atoms with Crippen LogP contribution in [0.1, 0.15) is 22.6 Å². The molecule has 0 bridgehead atoms. The zero-order chi connectivity index (χ0) is 17.6. The number of amides is 1. The molecular formula is C19H25N3O2S. The number of anilines is 1. The largest absolute Gasteiger partial charge is 0.361 e. The molecule has 0 spiro atoms. The molecule has 2 aromatic rings. The molecule has 1 aliphatic heterocycles. The highest BCUT2D eigenvalue weighted by Gasteiger charge is 2.14. The molecule has 1 saturated heterocycles. The molecule has 1 aromatic carbocycles. The average Bonchev–Trinajstić information content (AvgIpc) is 2.94. The Morgan fingerprint density at radius 2 is 1.96 bits per heavy atom. The van der Waals surface area contributed by atoms with Crippen LogP contribution in [0.4, 0.5) is 5.69 Å². The van der Waals surface area contributed by atoms with Crippen molar-refractivity contribution >= 4 is 23.4 Å². The summed E-state index contributed by atoms with van der Waals surface area (Å²) in [6.07, 6.45) is 1.34. The summed E-state index contributed by atoms with van der Waals surface area (Å²) in [5, 5.41) is 6.83. The molecule has 0 radical (unpaired) electrons. The van der Waals surface area contributed by atoms with E-state index in [-0.39, 0.29) is 12.3 Å². The number of carbonyl (C=O) groups excluding carboxylic acids is 1. The molecule has 0 atom stereocenters. The highest BCUT2D eigenvalue weighted by molar-refractivity contribution is 7.99. The van der Waals surface area contributed by atoms with Crippen molar-refractivity contribution in [1.82, 2.24) is 10.1 Å². The molecule has 2 heterocycles. The van der Waals surface area contributed by atoms with Gasteiger partial charge >= 0.3 is 0 Å². The predicted octanol–water partition coefficient (Wildman–Crippen LogP) is 3.06. The molecule has 0 aliphatic carbocycles. The molecule has 6 heteroatoms. The highest BCUT2D eigenvalue weighted by Crippen LogP contribution is 2.16. The average molecular weight is 359 g/mol. The van der Waals surface area contributed by atoms with E-state index in [1.54, 1.807) is 0 Å². The van der Waals surface area contributed by atoms with Gasteiger partial charge in [-0.15, -0.1) is 0 Å². The van der Waals surface area contributed by atoms with Gasteiger partial charge in [0.1, 0.15) is 5.76 Å². The van der Waals surface area contributed by atoms with Crippen LogP contribution in [0.5, 0.6) is 0 Å². The van der Waals surface area contributed by atoms with Crippen LogP contribution in [0.25, 0.3) is 0 Å². The summed E-state index contributed by atoms with van der Waals surface area (Å²) in [6.45, 7) is 7.19. The third-order valence-electron chi connectivity index (χ3n) is 4.58. The summed E-state index contributed by atoms with van der Waals surface area (Å²) >= 11 is 2.04. The number of nitrogens with zero attached hydrogens (tertiary/aromatic N) is 2. The number of hydrogen-bond donors (Lipinski definition) is 1. The number of rotatable bonds is 6. The first-order valence-electron chi connectivity index (χ1n) is 8.72. The maximum absolute atomic E-state index is 12.2. The number of hydrogen-bond acceptors (Lipinski definition) is 5. The van der Waals surface area contributed by atoms with Crippen LogP contribution in [-0.4, -0.2) is 47.1 Å². The molecule has 5 nitrogen and oxygen atoms in total. The van der Waals surface area contributed by atoms with Gasteiger partial charge < -0.3 is 14.7 Å². The Labute approximate surface area is 153 Å². The molecule has 1 fully saturated rings. The molecule has 1 N–H and O–H groups in total. The Morgan fingerprint density at radius 1 is 1.24 bits per heavy atom. The van der Waals surface area contributed by atoms with E-state index in [2.05, 4.69) is 27.5 Å². The van der Waals surface area contributed by atoms with Gasteiger partial charge in [0.2, 0.25) is 5.91 Å². The molecule has 134 valence electrons. The first-order valence-corrected chi connectivity index (χ1v) is 9.88. The van der Waals surface area contributed by atoms with E-state index < -0.39 is 0 Å². The van der Waals surface area contributed by atoms with E-state index in [9.17, 15) is 4.79 Å². The first-order chi connectivity index (χ1) is 12.1. The monoisotopic (exact) mass is 359 g/mol. The summed E-state index contributed by atoms with van der Waals surface area (Å²) in [7, 11) is 0. The van der Waals surface area contributed by atoms with Crippen LogP contribution in [0, 0.1) is 13.8 Å². The number of benzene rings is 1. The lowest BCUT2D eigenvalue weighted by Crippen LogP contribution is -2.34. The zero-order valence-corrected chi connectivity index (χ0v) is 15.7. The quantitative estimate of drug-likeness (QED) is 0.859. The van der Waals surface area contributed by atoms with E-state index in [1.807, 2.05) is 37.7 Å². The van der Waals surface area contributed by atoms with Gasteiger partial charge in [-0.3, -0.25) is 4.79 Å². The van der Waals surface area contributed by atoms with E-state index >= 15 is 0 Å². The number of aromatic nitrogens is 1. The Kier molecular flexibility index (Phi) is 6.15. The second-order valence-electron chi connectivity index (χ2n) is 6.43. The van der Waals surface area contributed by atoms with Crippen molar-refractivity contribution in [2.45, 2.75) is 26.7 Å². The Balaban J connectivity index is 1.49. The van der Waals surface area contributed by atoms with E-state index in [4.69, 9.17) is 4.52 Å². The number of carbonyl (C=O) groups is 1. The maximum atomic E-state index is 12.2. The first kappa shape index (κ1) is 18.0. The summed E-state index contributed by atoms with van der Waals surface area (Å²) in [5.41, 5.74) is 3.78. The van der Waals surface area contributed by atoms with Crippen molar-refractivity contribution in [3.63, 3.8) is 0 Å². The second-order valence-corrected chi connectivity index (χ2v) is 7.65. The van der Waals surface area contributed by atoms with Crippen LogP contribution in [0.15, 0.2) is 28.8 Å². The van der Waals surface area contributed by atoms with Crippen molar-refractivity contribution in [3.05, 3.63) is 46.8 Å². The van der Waals surface area contributed by atoms with Gasteiger partial charge in [-0.2, -0.15) is 11.8 Å². The molecular weight excluding hydrogens is 334 g/mol. The smallest absolute Gasteiger partial charge is 0.228 e. The van der Waals surface area contributed by atoms with E-state index in [0.29, 0.717) is 5.76 Å². The van der Waals surface area contributed by atoms with E-state index in [0.717, 1.165) is 29.9 Å². The van der Waals surface area contributed by atoms with Gasteiger partial charge in [0.05, 0.1) is 12.1 Å². The summed E-state index contributed by atoms with van der Waals surface area (Å²) in [5.74, 6) is 3.15. The minimum atomic E-state index is -0.0482. The summed E-state index contributed by atoms with van der Waals surface area (Å²) in [4.78, 5) is 14.7. The van der Waals surface area contributed by atoms with Crippen LogP contribution < -0.4 is 5.32 Å². The Hall–Kier alpha value is -1.79. The van der Waals surface area contributed by atoms with Gasteiger partial charge in [-0.05, 0) is 38.0 Å². The lowest BCUT2D eigenvalue weighted by Gasteiger charge is -2.26. The molecule has 25 heavy (non-hydrogen) atoms. The molecule has 1 amide bonds. The minimum absolute atomic E-state index is 0.0482. The van der Waals surface area contributed by atoms with Crippen LogP contribution in [-0.2, 0) is 17.6 Å². The third-order valence-corrected chi connectivity index (χ3v) is 5.52. The fraction of sp³-hybridized carbons (Fsp3) is 0.474. The Morgan fingerprint density at radius 3 is 2.60 bits per heavy atom. The standard InChI is InChI=1S/C19H25N3O2S/c1-14-18(15(2)24-21-14)13-19(23)20-17-5-3-16(4-6-17)7-8-22-9-11-25-12-10-22/h3-6H,7-13H2,1-2H3,(H,20,23). The zero-order valence-electron chi connectivity index (χ0n) is 14.9. The van der Waals surface area contributed by atoms with Crippen LogP contribution in [0.3, 0.4) is 0 Å². The molecule has 1 aromatic heterocycles. The fourth-order valence-electron chi connectivity index (χ4n) is 2.99. The molecule has 0 unspecified atom stereocenters. The van der Waals surface area contributed by atoms with Gasteiger partial charge in [0.15, 0.2) is 0 Å². The predicted molar refractivity (Wildman–Crippen MR) is 102 cm³/mol. The number of nitrogens with one attached hydrogen (secondary N) is 1. The summed E-state index contributed by atoms with van der Waals surface area (Å²) < 4.78 is 5.10. The normalized spacial score (nSPS) is 15.3. The maximum Gasteiger partial charge on any atom is 0.228 e. The molecule has 3 rings (SSSR count). The van der Waals surface area contributed by atoms with Crippen molar-refractivity contribution in [2.24, 2.45) is 0 Å². The van der Waals surface area contributed by atoms with Gasteiger partial charge in [-0.1, -0.05) is 17.3 Å². The topological polar surface area (TPSA) is 58.4 Å². The van der Waals surface area contributed by atoms with Crippen LogP contribution in [0.2, 0.25) is 0 Å². The minimum Gasteiger partial charge on any atom is -0.361 e. The summed E-state index contributed by atoms with van der Waals surface area (Å²) in [6, 6.07) is 8.16. The van der Waals surface area contributed by atoms with Crippen molar-refractivity contribution in [3.8, 4) is 0 Å².